The van der Waals surface area contributed by atoms with Crippen molar-refractivity contribution in [3.05, 3.63) is 23.8 Å². The zero-order valence-electron chi connectivity index (χ0n) is 9.03. The number of methoxy groups -OCH3 is 2. The number of nitrogens with one attached hydrogen (secondary N) is 1. The largest absolute Gasteiger partial charge is 0.495 e. The average Bonchev–Trinajstić information content (AvgIpc) is 2.63. The van der Waals surface area contributed by atoms with E-state index in [0.29, 0.717) is 22.2 Å². The van der Waals surface area contributed by atoms with Crippen molar-refractivity contribution in [1.82, 2.24) is 4.98 Å². The van der Waals surface area contributed by atoms with Crippen molar-refractivity contribution in [2.45, 2.75) is 0 Å². The Hall–Kier alpha value is -2.17. The predicted molar refractivity (Wildman–Crippen MR) is 60.6 cm³/mol. The lowest BCUT2D eigenvalue weighted by Gasteiger charge is -2.01. The van der Waals surface area contributed by atoms with Crippen LogP contribution < -0.4 is 10.5 Å². The Kier molecular flexibility index (Phi) is 2.44. The number of aromatic amines is 1. The molecule has 0 aliphatic carbocycles. The third-order valence-corrected chi connectivity index (χ3v) is 2.43. The number of hydrogen-bond acceptors (Lipinski definition) is 4. The molecule has 1 aromatic carbocycles. The van der Waals surface area contributed by atoms with Gasteiger partial charge in [-0.1, -0.05) is 12.1 Å². The normalized spacial score (nSPS) is 10.4. The second-order valence-corrected chi connectivity index (χ2v) is 3.29. The zero-order valence-corrected chi connectivity index (χ0v) is 9.03. The molecule has 0 bridgehead atoms. The molecule has 2 rings (SSSR count). The van der Waals surface area contributed by atoms with E-state index in [-0.39, 0.29) is 5.82 Å². The van der Waals surface area contributed by atoms with Crippen LogP contribution in [0.15, 0.2) is 18.2 Å². The fourth-order valence-corrected chi connectivity index (χ4v) is 1.70. The molecule has 0 aliphatic rings. The van der Waals surface area contributed by atoms with Crippen molar-refractivity contribution in [3.63, 3.8) is 0 Å². The molecule has 0 spiro atoms. The van der Waals surface area contributed by atoms with Crippen LogP contribution in [-0.4, -0.2) is 25.2 Å². The van der Waals surface area contributed by atoms with Gasteiger partial charge in [0.2, 0.25) is 0 Å². The fraction of sp³-hybridized carbons (Fsp3) is 0.182. The van der Waals surface area contributed by atoms with E-state index in [2.05, 4.69) is 9.72 Å². The van der Waals surface area contributed by atoms with Crippen LogP contribution in [0.2, 0.25) is 0 Å². The molecule has 0 saturated heterocycles. The summed E-state index contributed by atoms with van der Waals surface area (Å²) in [5.41, 5.74) is 6.78. The molecule has 1 aromatic heterocycles. The number of nitrogen functional groups attached to an aromatic ring is 1. The Labute approximate surface area is 92.1 Å². The molecule has 0 unspecified atom stereocenters. The first-order chi connectivity index (χ1) is 7.69. The minimum atomic E-state index is -0.461. The molecule has 16 heavy (non-hydrogen) atoms. The summed E-state index contributed by atoms with van der Waals surface area (Å²) in [5.74, 6) is 0.461. The second-order valence-electron chi connectivity index (χ2n) is 3.29. The number of anilines is 1. The van der Waals surface area contributed by atoms with E-state index in [1.807, 2.05) is 0 Å². The smallest absolute Gasteiger partial charge is 0.342 e. The van der Waals surface area contributed by atoms with Crippen LogP contribution in [-0.2, 0) is 4.74 Å². The number of para-hydroxylation sites is 1. The standard InChI is InChI=1S/C11H12N2O3/c1-15-7-5-3-4-6-8(11(14)16-2)10(12)13-9(6)7/h3-5,13H,12H2,1-2H3. The number of hydrogen-bond donors (Lipinski definition) is 2. The number of carbonyl (C=O) groups excluding carboxylic acids is 1. The molecule has 3 N–H and O–H groups in total. The Balaban J connectivity index is 2.76. The third-order valence-electron chi connectivity index (χ3n) is 2.43. The third kappa shape index (κ3) is 1.37. The van der Waals surface area contributed by atoms with Crippen LogP contribution in [0.5, 0.6) is 5.75 Å². The van der Waals surface area contributed by atoms with Gasteiger partial charge in [-0.3, -0.25) is 0 Å². The highest BCUT2D eigenvalue weighted by atomic mass is 16.5. The van der Waals surface area contributed by atoms with E-state index >= 15 is 0 Å². The predicted octanol–water partition coefficient (Wildman–Crippen LogP) is 1.55. The lowest BCUT2D eigenvalue weighted by atomic mass is 10.1. The van der Waals surface area contributed by atoms with Crippen molar-refractivity contribution < 1.29 is 14.3 Å². The summed E-state index contributed by atoms with van der Waals surface area (Å²) in [7, 11) is 2.88. The van der Waals surface area contributed by atoms with E-state index < -0.39 is 5.97 Å². The van der Waals surface area contributed by atoms with Crippen LogP contribution >= 0.6 is 0 Å². The van der Waals surface area contributed by atoms with Crippen molar-refractivity contribution in [3.8, 4) is 5.75 Å². The lowest BCUT2D eigenvalue weighted by molar-refractivity contribution is 0.0604. The van der Waals surface area contributed by atoms with Crippen LogP contribution in [0.4, 0.5) is 5.82 Å². The molecule has 84 valence electrons. The summed E-state index contributed by atoms with van der Waals surface area (Å²) < 4.78 is 9.85. The summed E-state index contributed by atoms with van der Waals surface area (Å²) in [6.45, 7) is 0. The number of fused-ring (bicyclic) bond motifs is 1. The lowest BCUT2D eigenvalue weighted by Crippen LogP contribution is -2.03. The second kappa shape index (κ2) is 3.77. The first kappa shape index (κ1) is 10.4. The van der Waals surface area contributed by atoms with Gasteiger partial charge in [0.1, 0.15) is 17.1 Å². The number of benzene rings is 1. The quantitative estimate of drug-likeness (QED) is 0.752. The monoisotopic (exact) mass is 220 g/mol. The van der Waals surface area contributed by atoms with Crippen molar-refractivity contribution in [2.75, 3.05) is 20.0 Å². The highest BCUT2D eigenvalue weighted by molar-refractivity contribution is 6.10. The molecule has 0 fully saturated rings. The Morgan fingerprint density at radius 3 is 2.75 bits per heavy atom. The molecule has 1 heterocycles. The number of aromatic nitrogens is 1. The maximum absolute atomic E-state index is 11.5. The molecular formula is C11H12N2O3. The molecule has 5 nitrogen and oxygen atoms in total. The topological polar surface area (TPSA) is 77.3 Å². The van der Waals surface area contributed by atoms with E-state index in [0.717, 1.165) is 0 Å². The minimum Gasteiger partial charge on any atom is -0.495 e. The van der Waals surface area contributed by atoms with Gasteiger partial charge < -0.3 is 20.2 Å². The Morgan fingerprint density at radius 1 is 1.38 bits per heavy atom. The van der Waals surface area contributed by atoms with Crippen molar-refractivity contribution >= 4 is 22.7 Å². The highest BCUT2D eigenvalue weighted by Crippen LogP contribution is 2.31. The van der Waals surface area contributed by atoms with Gasteiger partial charge in [0.25, 0.3) is 0 Å². The van der Waals surface area contributed by atoms with E-state index in [9.17, 15) is 4.79 Å². The van der Waals surface area contributed by atoms with Gasteiger partial charge in [-0.25, -0.2) is 4.79 Å². The average molecular weight is 220 g/mol. The van der Waals surface area contributed by atoms with E-state index in [4.69, 9.17) is 10.5 Å². The molecule has 0 aliphatic heterocycles. The maximum atomic E-state index is 11.5. The number of ether oxygens (including phenoxy) is 2. The molecule has 0 atom stereocenters. The first-order valence-corrected chi connectivity index (χ1v) is 4.71. The number of nitrogens with two attached hydrogens (primary N) is 1. The molecule has 0 radical (unpaired) electrons. The van der Waals surface area contributed by atoms with Gasteiger partial charge in [0.05, 0.1) is 19.7 Å². The molecule has 5 heteroatoms. The summed E-state index contributed by atoms with van der Waals surface area (Å²) in [6, 6.07) is 5.37. The van der Waals surface area contributed by atoms with Crippen molar-refractivity contribution in [2.24, 2.45) is 0 Å². The summed E-state index contributed by atoms with van der Waals surface area (Å²) in [5, 5.41) is 0.698. The van der Waals surface area contributed by atoms with Crippen LogP contribution in [0.1, 0.15) is 10.4 Å². The van der Waals surface area contributed by atoms with E-state index in [1.165, 1.54) is 7.11 Å². The fourth-order valence-electron chi connectivity index (χ4n) is 1.70. The van der Waals surface area contributed by atoms with Crippen LogP contribution in [0.3, 0.4) is 0 Å². The number of esters is 1. The summed E-state index contributed by atoms with van der Waals surface area (Å²) >= 11 is 0. The van der Waals surface area contributed by atoms with Crippen LogP contribution in [0, 0.1) is 0 Å². The van der Waals surface area contributed by atoms with Crippen LogP contribution in [0.25, 0.3) is 10.9 Å². The van der Waals surface area contributed by atoms with Gasteiger partial charge in [0.15, 0.2) is 0 Å². The summed E-state index contributed by atoms with van der Waals surface area (Å²) in [6.07, 6.45) is 0. The first-order valence-electron chi connectivity index (χ1n) is 4.71. The summed E-state index contributed by atoms with van der Waals surface area (Å²) in [4.78, 5) is 14.5. The molecular weight excluding hydrogens is 208 g/mol. The van der Waals surface area contributed by atoms with Gasteiger partial charge in [-0.2, -0.15) is 0 Å². The molecule has 0 saturated carbocycles. The van der Waals surface area contributed by atoms with Crippen molar-refractivity contribution in [1.29, 1.82) is 0 Å². The van der Waals surface area contributed by atoms with Gasteiger partial charge >= 0.3 is 5.97 Å². The minimum absolute atomic E-state index is 0.284. The molecule has 2 aromatic rings. The van der Waals surface area contributed by atoms with Gasteiger partial charge in [0, 0.05) is 5.39 Å². The highest BCUT2D eigenvalue weighted by Gasteiger charge is 2.18. The number of carbonyl (C=O) groups is 1. The number of rotatable bonds is 2. The Morgan fingerprint density at radius 2 is 2.12 bits per heavy atom. The Bertz CT molecular complexity index is 545. The maximum Gasteiger partial charge on any atom is 0.342 e. The molecule has 0 amide bonds. The zero-order chi connectivity index (χ0) is 11.7. The van der Waals surface area contributed by atoms with Gasteiger partial charge in [-0.05, 0) is 6.07 Å². The van der Waals surface area contributed by atoms with Gasteiger partial charge in [-0.15, -0.1) is 0 Å². The number of H-pyrrole nitrogens is 1. The SMILES string of the molecule is COC(=O)c1c(N)[nH]c2c(OC)cccc12. The van der Waals surface area contributed by atoms with E-state index in [1.54, 1.807) is 25.3 Å².